The zero-order valence-corrected chi connectivity index (χ0v) is 15.7. The lowest BCUT2D eigenvalue weighted by Gasteiger charge is -2.23. The highest BCUT2D eigenvalue weighted by Gasteiger charge is 2.32. The molecular formula is C21H26N2O4. The standard InChI is InChI=1S/C21H26N2O4/c1-23-21(25)18(12-15-8-10-17(26-2)11-9-15)19(20(22)24)14-27-13-16-6-4-3-5-7-16/h3-11,18-19H,12-14H2,1-2H3,(H2,22,24)(H,23,25)/t18-,19?/m1/s1. The maximum absolute atomic E-state index is 12.4. The van der Waals surface area contributed by atoms with Crippen molar-refractivity contribution < 1.29 is 19.1 Å². The molecule has 0 aromatic heterocycles. The number of primary amides is 1. The maximum Gasteiger partial charge on any atom is 0.224 e. The predicted octanol–water partition coefficient (Wildman–Crippen LogP) is 1.92. The van der Waals surface area contributed by atoms with Crippen LogP contribution in [0.25, 0.3) is 0 Å². The largest absolute Gasteiger partial charge is 0.497 e. The van der Waals surface area contributed by atoms with Crippen LogP contribution in [-0.2, 0) is 27.4 Å². The predicted molar refractivity (Wildman–Crippen MR) is 103 cm³/mol. The van der Waals surface area contributed by atoms with Crippen LogP contribution in [0.2, 0.25) is 0 Å². The van der Waals surface area contributed by atoms with E-state index in [-0.39, 0.29) is 12.5 Å². The number of amides is 2. The summed E-state index contributed by atoms with van der Waals surface area (Å²) in [6.45, 7) is 0.437. The van der Waals surface area contributed by atoms with Gasteiger partial charge in [-0.1, -0.05) is 42.5 Å². The maximum atomic E-state index is 12.4. The summed E-state index contributed by atoms with van der Waals surface area (Å²) in [5.41, 5.74) is 7.50. The first-order valence-corrected chi connectivity index (χ1v) is 8.80. The van der Waals surface area contributed by atoms with Crippen LogP contribution >= 0.6 is 0 Å². The Bertz CT molecular complexity index is 732. The molecule has 0 spiro atoms. The topological polar surface area (TPSA) is 90.7 Å². The Morgan fingerprint density at radius 1 is 1.00 bits per heavy atom. The van der Waals surface area contributed by atoms with Gasteiger partial charge in [0.2, 0.25) is 11.8 Å². The first-order chi connectivity index (χ1) is 13.0. The molecule has 6 nitrogen and oxygen atoms in total. The Labute approximate surface area is 159 Å². The minimum absolute atomic E-state index is 0.0818. The smallest absolute Gasteiger partial charge is 0.224 e. The van der Waals surface area contributed by atoms with Gasteiger partial charge in [-0.05, 0) is 29.7 Å². The van der Waals surface area contributed by atoms with E-state index in [1.54, 1.807) is 14.2 Å². The molecule has 0 heterocycles. The van der Waals surface area contributed by atoms with Gasteiger partial charge < -0.3 is 20.5 Å². The van der Waals surface area contributed by atoms with Crippen molar-refractivity contribution in [3.63, 3.8) is 0 Å². The number of benzene rings is 2. The summed E-state index contributed by atoms with van der Waals surface area (Å²) in [5, 5.41) is 2.62. The molecule has 2 amide bonds. The zero-order valence-electron chi connectivity index (χ0n) is 15.7. The number of hydrogen-bond acceptors (Lipinski definition) is 4. The van der Waals surface area contributed by atoms with Crippen molar-refractivity contribution in [2.24, 2.45) is 17.6 Å². The Morgan fingerprint density at radius 3 is 2.22 bits per heavy atom. The number of carbonyl (C=O) groups is 2. The van der Waals surface area contributed by atoms with Crippen molar-refractivity contribution in [1.29, 1.82) is 0 Å². The van der Waals surface area contributed by atoms with Gasteiger partial charge in [-0.3, -0.25) is 9.59 Å². The quantitative estimate of drug-likeness (QED) is 0.668. The Balaban J connectivity index is 2.08. The first-order valence-electron chi connectivity index (χ1n) is 8.80. The summed E-state index contributed by atoms with van der Waals surface area (Å²) in [4.78, 5) is 24.5. The summed E-state index contributed by atoms with van der Waals surface area (Å²) in [7, 11) is 3.14. The first kappa shape index (κ1) is 20.5. The number of rotatable bonds is 10. The van der Waals surface area contributed by atoms with Crippen LogP contribution in [0.1, 0.15) is 11.1 Å². The average Bonchev–Trinajstić information content (AvgIpc) is 2.70. The van der Waals surface area contributed by atoms with E-state index in [1.165, 1.54) is 0 Å². The van der Waals surface area contributed by atoms with Crippen LogP contribution in [0.15, 0.2) is 54.6 Å². The molecule has 0 bridgehead atoms. The molecule has 3 N–H and O–H groups in total. The van der Waals surface area contributed by atoms with Crippen molar-refractivity contribution in [2.45, 2.75) is 13.0 Å². The molecule has 0 radical (unpaired) electrons. The molecule has 0 aliphatic carbocycles. The van der Waals surface area contributed by atoms with Crippen LogP contribution in [0.3, 0.4) is 0 Å². The number of hydrogen-bond donors (Lipinski definition) is 2. The fourth-order valence-corrected chi connectivity index (χ4v) is 2.89. The minimum atomic E-state index is -0.726. The van der Waals surface area contributed by atoms with Crippen molar-refractivity contribution in [3.8, 4) is 5.75 Å². The van der Waals surface area contributed by atoms with E-state index in [4.69, 9.17) is 15.2 Å². The van der Waals surface area contributed by atoms with Crippen molar-refractivity contribution in [2.75, 3.05) is 20.8 Å². The van der Waals surface area contributed by atoms with E-state index < -0.39 is 17.7 Å². The van der Waals surface area contributed by atoms with Gasteiger partial charge in [0.1, 0.15) is 5.75 Å². The lowest BCUT2D eigenvalue weighted by atomic mass is 9.85. The summed E-state index contributed by atoms with van der Waals surface area (Å²) in [6.07, 6.45) is 0.381. The summed E-state index contributed by atoms with van der Waals surface area (Å²) in [6, 6.07) is 17.0. The molecule has 27 heavy (non-hydrogen) atoms. The molecule has 2 aromatic rings. The van der Waals surface area contributed by atoms with Crippen molar-refractivity contribution in [1.82, 2.24) is 5.32 Å². The Morgan fingerprint density at radius 2 is 1.67 bits per heavy atom. The molecule has 2 rings (SSSR count). The lowest BCUT2D eigenvalue weighted by Crippen LogP contribution is -2.42. The summed E-state index contributed by atoms with van der Waals surface area (Å²) in [5.74, 6) is -1.40. The van der Waals surface area contributed by atoms with E-state index in [0.717, 1.165) is 16.9 Å². The van der Waals surface area contributed by atoms with Crippen LogP contribution in [0.4, 0.5) is 0 Å². The van der Waals surface area contributed by atoms with Crippen molar-refractivity contribution in [3.05, 3.63) is 65.7 Å². The van der Waals surface area contributed by atoms with E-state index in [2.05, 4.69) is 5.32 Å². The summed E-state index contributed by atoms with van der Waals surface area (Å²) >= 11 is 0. The van der Waals surface area contributed by atoms with Gasteiger partial charge in [-0.25, -0.2) is 0 Å². The van der Waals surface area contributed by atoms with Gasteiger partial charge >= 0.3 is 0 Å². The molecule has 2 atom stereocenters. The van der Waals surface area contributed by atoms with E-state index in [0.29, 0.717) is 13.0 Å². The molecule has 0 fully saturated rings. The van der Waals surface area contributed by atoms with Gasteiger partial charge in [0.15, 0.2) is 0 Å². The normalized spacial score (nSPS) is 12.8. The fourth-order valence-electron chi connectivity index (χ4n) is 2.89. The Hall–Kier alpha value is -2.86. The van der Waals surface area contributed by atoms with Crippen LogP contribution < -0.4 is 15.8 Å². The van der Waals surface area contributed by atoms with Gasteiger partial charge in [0.25, 0.3) is 0 Å². The van der Waals surface area contributed by atoms with Gasteiger partial charge in [0, 0.05) is 7.05 Å². The van der Waals surface area contributed by atoms with Gasteiger partial charge in [-0.15, -0.1) is 0 Å². The van der Waals surface area contributed by atoms with Crippen LogP contribution in [-0.4, -0.2) is 32.6 Å². The molecular weight excluding hydrogens is 344 g/mol. The third kappa shape index (κ3) is 6.11. The van der Waals surface area contributed by atoms with E-state index in [1.807, 2.05) is 54.6 Å². The number of nitrogens with one attached hydrogen (secondary N) is 1. The highest BCUT2D eigenvalue weighted by molar-refractivity contribution is 5.87. The average molecular weight is 370 g/mol. The molecule has 0 saturated carbocycles. The monoisotopic (exact) mass is 370 g/mol. The minimum Gasteiger partial charge on any atom is -0.497 e. The number of carbonyl (C=O) groups excluding carboxylic acids is 2. The number of ether oxygens (including phenoxy) is 2. The molecule has 144 valence electrons. The SMILES string of the molecule is CNC(=O)[C@H](Cc1ccc(OC)cc1)C(COCc1ccccc1)C(N)=O. The molecule has 0 aliphatic rings. The van der Waals surface area contributed by atoms with Gasteiger partial charge in [0.05, 0.1) is 32.2 Å². The third-order valence-electron chi connectivity index (χ3n) is 4.46. The molecule has 6 heteroatoms. The second-order valence-electron chi connectivity index (χ2n) is 6.28. The molecule has 0 saturated heterocycles. The van der Waals surface area contributed by atoms with E-state index in [9.17, 15) is 9.59 Å². The number of methoxy groups -OCH3 is 1. The van der Waals surface area contributed by atoms with Crippen molar-refractivity contribution >= 4 is 11.8 Å². The molecule has 2 aromatic carbocycles. The zero-order chi connectivity index (χ0) is 19.6. The fraction of sp³-hybridized carbons (Fsp3) is 0.333. The molecule has 0 aliphatic heterocycles. The molecule has 1 unspecified atom stereocenters. The van der Waals surface area contributed by atoms with Crippen LogP contribution in [0.5, 0.6) is 5.75 Å². The lowest BCUT2D eigenvalue weighted by molar-refractivity contribution is -0.135. The number of nitrogens with two attached hydrogens (primary N) is 1. The highest BCUT2D eigenvalue weighted by atomic mass is 16.5. The third-order valence-corrected chi connectivity index (χ3v) is 4.46. The van der Waals surface area contributed by atoms with E-state index >= 15 is 0 Å². The second kappa shape index (κ2) is 10.3. The second-order valence-corrected chi connectivity index (χ2v) is 6.28. The highest BCUT2D eigenvalue weighted by Crippen LogP contribution is 2.21. The summed E-state index contributed by atoms with van der Waals surface area (Å²) < 4.78 is 10.8. The van der Waals surface area contributed by atoms with Gasteiger partial charge in [-0.2, -0.15) is 0 Å². The van der Waals surface area contributed by atoms with Crippen LogP contribution in [0, 0.1) is 11.8 Å². The Kier molecular flexibility index (Phi) is 7.82.